The Bertz CT molecular complexity index is 2080. The largest absolute Gasteiger partial charge is 0.350 e. The maximum Gasteiger partial charge on any atom is 0.261 e. The number of fused-ring (bicyclic) bond motifs is 3. The van der Waals surface area contributed by atoms with Crippen LogP contribution in [-0.4, -0.2) is 50.6 Å². The summed E-state index contributed by atoms with van der Waals surface area (Å²) in [5, 5.41) is 10.1. The lowest BCUT2D eigenvalue weighted by atomic mass is 9.97. The number of carbonyl (C=O) groups is 2. The molecule has 0 aliphatic carbocycles. The predicted octanol–water partition coefficient (Wildman–Crippen LogP) is 4.86. The molecule has 2 aliphatic rings. The van der Waals surface area contributed by atoms with Gasteiger partial charge in [-0.2, -0.15) is 5.10 Å². The number of amides is 2. The number of nitrogens with zero attached hydrogens (tertiary/aromatic N) is 4. The van der Waals surface area contributed by atoms with Gasteiger partial charge in [0, 0.05) is 40.9 Å². The topological polar surface area (TPSA) is 100 Å². The number of imide groups is 1. The third kappa shape index (κ3) is 3.93. The fourth-order valence-electron chi connectivity index (χ4n) is 6.01. The Balaban J connectivity index is 1.31. The van der Waals surface area contributed by atoms with Crippen LogP contribution < -0.4 is 5.32 Å². The first kappa shape index (κ1) is 24.7. The van der Waals surface area contributed by atoms with Crippen molar-refractivity contribution < 1.29 is 19.1 Å². The van der Waals surface area contributed by atoms with Crippen LogP contribution in [0.5, 0.6) is 0 Å². The molecule has 206 valence electrons. The van der Waals surface area contributed by atoms with E-state index in [4.69, 9.17) is 14.6 Å². The van der Waals surface area contributed by atoms with Crippen LogP contribution in [0.1, 0.15) is 17.7 Å². The van der Waals surface area contributed by atoms with Crippen molar-refractivity contribution in [2.24, 2.45) is 0 Å². The van der Waals surface area contributed by atoms with E-state index in [1.807, 2.05) is 94.4 Å². The maximum absolute atomic E-state index is 13.5. The molecule has 0 radical (unpaired) electrons. The minimum atomic E-state index is -0.461. The normalized spacial score (nSPS) is 16.0. The van der Waals surface area contributed by atoms with E-state index in [9.17, 15) is 9.59 Å². The van der Waals surface area contributed by atoms with Gasteiger partial charge in [0.15, 0.2) is 6.29 Å². The van der Waals surface area contributed by atoms with Crippen LogP contribution >= 0.6 is 0 Å². The molecule has 1 fully saturated rings. The van der Waals surface area contributed by atoms with Gasteiger partial charge < -0.3 is 14.0 Å². The molecule has 5 heterocycles. The summed E-state index contributed by atoms with van der Waals surface area (Å²) < 4.78 is 15.1. The predicted molar refractivity (Wildman–Crippen MR) is 159 cm³/mol. The van der Waals surface area contributed by atoms with E-state index >= 15 is 0 Å². The van der Waals surface area contributed by atoms with Gasteiger partial charge in [-0.3, -0.25) is 24.6 Å². The Labute approximate surface area is 240 Å². The summed E-state index contributed by atoms with van der Waals surface area (Å²) in [6.45, 7) is 1.70. The number of aryl methyl sites for hydroxylation is 1. The Morgan fingerprint density at radius 3 is 2.40 bits per heavy atom. The quantitative estimate of drug-likeness (QED) is 0.295. The third-order valence-electron chi connectivity index (χ3n) is 7.93. The number of aromatic nitrogens is 4. The van der Waals surface area contributed by atoms with Gasteiger partial charge in [-0.15, -0.1) is 0 Å². The molecule has 9 heteroatoms. The molecule has 2 amide bonds. The van der Waals surface area contributed by atoms with Crippen LogP contribution in [0.15, 0.2) is 91.3 Å². The lowest BCUT2D eigenvalue weighted by Crippen LogP contribution is -2.22. The van der Waals surface area contributed by atoms with Crippen molar-refractivity contribution in [2.45, 2.75) is 19.3 Å². The molecule has 42 heavy (non-hydrogen) atoms. The summed E-state index contributed by atoms with van der Waals surface area (Å²) in [4.78, 5) is 31.6. The van der Waals surface area contributed by atoms with E-state index in [1.165, 1.54) is 0 Å². The van der Waals surface area contributed by atoms with Gasteiger partial charge in [0.25, 0.3) is 11.8 Å². The minimum absolute atomic E-state index is 0.267. The second-order valence-electron chi connectivity index (χ2n) is 10.4. The molecule has 9 nitrogen and oxygen atoms in total. The van der Waals surface area contributed by atoms with Gasteiger partial charge in [0.05, 0.1) is 52.8 Å². The summed E-state index contributed by atoms with van der Waals surface area (Å²) in [5.41, 5.74) is 5.23. The number of hydrogen-bond acceptors (Lipinski definition) is 6. The molecule has 0 bridgehead atoms. The summed E-state index contributed by atoms with van der Waals surface area (Å²) in [6, 6.07) is 25.6. The molecule has 0 atom stereocenters. The maximum atomic E-state index is 13.5. The fraction of sp³-hybridized carbons (Fsp3) is 0.152. The summed E-state index contributed by atoms with van der Waals surface area (Å²) >= 11 is 0. The number of hydrogen-bond donors (Lipinski definition) is 1. The second kappa shape index (κ2) is 9.76. The van der Waals surface area contributed by atoms with Crippen LogP contribution in [0.3, 0.4) is 0 Å². The molecule has 8 rings (SSSR count). The van der Waals surface area contributed by atoms with Crippen LogP contribution in [-0.2, 0) is 25.6 Å². The standard InChI is InChI=1S/C33H25N5O4/c39-32-29(24-19-37(26-11-5-2-8-22(24)26)21-17-20-7-1-4-10-25(20)34-18-21)30(33(40)35-32)31-23-9-3-6-12-27(23)38(36-31)14-13-28-41-15-16-42-28/h1-12,17-19,28H,13-16H2,(H,35,39,40). The molecule has 1 saturated heterocycles. The monoisotopic (exact) mass is 555 g/mol. The Morgan fingerprint density at radius 2 is 1.55 bits per heavy atom. The van der Waals surface area contributed by atoms with Crippen LogP contribution in [0.4, 0.5) is 0 Å². The van der Waals surface area contributed by atoms with E-state index in [1.54, 1.807) is 0 Å². The fourth-order valence-corrected chi connectivity index (χ4v) is 6.01. The van der Waals surface area contributed by atoms with Crippen molar-refractivity contribution in [2.75, 3.05) is 13.2 Å². The second-order valence-corrected chi connectivity index (χ2v) is 10.4. The molecule has 0 unspecified atom stereocenters. The van der Waals surface area contributed by atoms with E-state index in [0.29, 0.717) is 43.0 Å². The van der Waals surface area contributed by atoms with Gasteiger partial charge in [-0.25, -0.2) is 0 Å². The highest BCUT2D eigenvalue weighted by Gasteiger charge is 2.36. The van der Waals surface area contributed by atoms with Gasteiger partial charge in [-0.05, 0) is 24.3 Å². The number of para-hydroxylation sites is 3. The van der Waals surface area contributed by atoms with Crippen molar-refractivity contribution in [1.29, 1.82) is 0 Å². The highest BCUT2D eigenvalue weighted by atomic mass is 16.7. The summed E-state index contributed by atoms with van der Waals surface area (Å²) in [5.74, 6) is -0.905. The zero-order valence-electron chi connectivity index (χ0n) is 22.5. The first-order chi connectivity index (χ1) is 20.7. The van der Waals surface area contributed by atoms with Crippen molar-refractivity contribution in [3.8, 4) is 5.69 Å². The Morgan fingerprint density at radius 1 is 0.833 bits per heavy atom. The van der Waals surface area contributed by atoms with E-state index < -0.39 is 11.8 Å². The van der Waals surface area contributed by atoms with Gasteiger partial charge >= 0.3 is 0 Å². The molecule has 0 saturated carbocycles. The average Bonchev–Trinajstić information content (AvgIpc) is 3.81. The lowest BCUT2D eigenvalue weighted by Gasteiger charge is -2.09. The zero-order chi connectivity index (χ0) is 28.2. The Kier molecular flexibility index (Phi) is 5.73. The number of carbonyl (C=O) groups excluding carboxylic acids is 2. The van der Waals surface area contributed by atoms with Gasteiger partial charge in [0.1, 0.15) is 5.69 Å². The molecule has 6 aromatic rings. The van der Waals surface area contributed by atoms with E-state index in [0.717, 1.165) is 38.4 Å². The number of nitrogens with one attached hydrogen (secondary N) is 1. The van der Waals surface area contributed by atoms with Crippen LogP contribution in [0, 0.1) is 0 Å². The average molecular weight is 556 g/mol. The van der Waals surface area contributed by atoms with Gasteiger partial charge in [-0.1, -0.05) is 54.6 Å². The van der Waals surface area contributed by atoms with Crippen molar-refractivity contribution >= 4 is 55.7 Å². The molecule has 3 aromatic heterocycles. The smallest absolute Gasteiger partial charge is 0.261 e. The summed E-state index contributed by atoms with van der Waals surface area (Å²) in [7, 11) is 0. The molecule has 0 spiro atoms. The van der Waals surface area contributed by atoms with Crippen LogP contribution in [0.2, 0.25) is 0 Å². The lowest BCUT2D eigenvalue weighted by molar-refractivity contribution is -0.122. The number of rotatable bonds is 6. The van der Waals surface area contributed by atoms with Crippen molar-refractivity contribution in [3.05, 3.63) is 103 Å². The minimum Gasteiger partial charge on any atom is -0.350 e. The SMILES string of the molecule is O=C1NC(=O)C(c2nn(CCC3OCCO3)c3ccccc23)=C1c1cn(-c2cnc3ccccc3c2)c2ccccc12. The van der Waals surface area contributed by atoms with Crippen LogP contribution in [0.25, 0.3) is 49.5 Å². The molecule has 1 N–H and O–H groups in total. The number of ether oxygens (including phenoxy) is 2. The molecular formula is C33H25N5O4. The highest BCUT2D eigenvalue weighted by Crippen LogP contribution is 2.39. The van der Waals surface area contributed by atoms with Gasteiger partial charge in [0.2, 0.25) is 0 Å². The number of benzene rings is 3. The first-order valence-electron chi connectivity index (χ1n) is 13.9. The van der Waals surface area contributed by atoms with E-state index in [-0.39, 0.29) is 11.9 Å². The highest BCUT2D eigenvalue weighted by molar-refractivity contribution is 6.50. The first-order valence-corrected chi connectivity index (χ1v) is 13.9. The molecule has 2 aliphatic heterocycles. The molecule has 3 aromatic carbocycles. The Hall–Kier alpha value is -5.12. The van der Waals surface area contributed by atoms with E-state index in [2.05, 4.69) is 16.4 Å². The van der Waals surface area contributed by atoms with Crippen molar-refractivity contribution in [1.82, 2.24) is 24.6 Å². The third-order valence-corrected chi connectivity index (χ3v) is 7.93. The zero-order valence-corrected chi connectivity index (χ0v) is 22.5. The number of pyridine rings is 1. The molecular weight excluding hydrogens is 530 g/mol. The summed E-state index contributed by atoms with van der Waals surface area (Å²) in [6.07, 6.45) is 4.08. The van der Waals surface area contributed by atoms with Crippen molar-refractivity contribution in [3.63, 3.8) is 0 Å².